The van der Waals surface area contributed by atoms with Gasteiger partial charge in [-0.2, -0.15) is 0 Å². The first-order valence-electron chi connectivity index (χ1n) is 3.37. The summed E-state index contributed by atoms with van der Waals surface area (Å²) < 4.78 is 12.4. The summed E-state index contributed by atoms with van der Waals surface area (Å²) >= 11 is 0. The molecule has 1 aromatic carbocycles. The molecule has 0 atom stereocenters. The fourth-order valence-electron chi connectivity index (χ4n) is 0.753. The first-order valence-corrected chi connectivity index (χ1v) is 3.37. The molecule has 1 rings (SSSR count). The number of hydrogen-bond acceptors (Lipinski definition) is 0. The van der Waals surface area contributed by atoms with E-state index < -0.39 is 0 Å². The van der Waals surface area contributed by atoms with Gasteiger partial charge in [-0.1, -0.05) is 36.9 Å². The summed E-state index contributed by atoms with van der Waals surface area (Å²) in [4.78, 5) is 0. The monoisotopic (exact) mass is 148 g/mol. The third kappa shape index (κ3) is 2.38. The summed E-state index contributed by atoms with van der Waals surface area (Å²) in [6, 6.07) is 6.30. The van der Waals surface area contributed by atoms with Crippen LogP contribution in [0.2, 0.25) is 0 Å². The molecule has 0 nitrogen and oxygen atoms in total. The van der Waals surface area contributed by atoms with Gasteiger partial charge in [0.2, 0.25) is 0 Å². The Balaban J connectivity index is 2.81. The second-order valence-electron chi connectivity index (χ2n) is 2.15. The predicted molar refractivity (Wildman–Crippen MR) is 45.6 cm³/mol. The third-order valence-corrected chi connectivity index (χ3v) is 1.29. The molecule has 0 aliphatic carbocycles. The fraction of sp³-hybridized carbons (Fsp3) is 0. The summed E-state index contributed by atoms with van der Waals surface area (Å²) in [7, 11) is 0. The Morgan fingerprint density at radius 3 is 2.36 bits per heavy atom. The number of halogens is 1. The molecular weight excluding hydrogens is 139 g/mol. The molecule has 0 aliphatic heterocycles. The van der Waals surface area contributed by atoms with Crippen molar-refractivity contribution in [1.82, 2.24) is 0 Å². The molecule has 0 aliphatic rings. The minimum Gasteiger partial charge on any atom is -0.207 e. The highest BCUT2D eigenvalue weighted by molar-refractivity contribution is 5.50. The minimum atomic E-state index is -0.208. The third-order valence-electron chi connectivity index (χ3n) is 1.29. The van der Waals surface area contributed by atoms with Gasteiger partial charge in [0.25, 0.3) is 0 Å². The van der Waals surface area contributed by atoms with Crippen LogP contribution in [0.5, 0.6) is 0 Å². The maximum atomic E-state index is 12.4. The Morgan fingerprint density at radius 1 is 1.18 bits per heavy atom. The molecule has 0 amide bonds. The van der Waals surface area contributed by atoms with E-state index in [0.717, 1.165) is 5.56 Å². The zero-order valence-electron chi connectivity index (χ0n) is 6.13. The molecular formula is C10H9F. The van der Waals surface area contributed by atoms with Crippen LogP contribution in [-0.4, -0.2) is 0 Å². The molecule has 1 aromatic rings. The first kappa shape index (κ1) is 7.73. The Hall–Kier alpha value is -1.37. The van der Waals surface area contributed by atoms with Crippen LogP contribution in [-0.2, 0) is 0 Å². The highest BCUT2D eigenvalue weighted by Gasteiger charge is 1.86. The zero-order valence-corrected chi connectivity index (χ0v) is 6.13. The largest absolute Gasteiger partial charge is 0.207 e. The molecule has 0 heterocycles. The van der Waals surface area contributed by atoms with Crippen molar-refractivity contribution in [3.05, 3.63) is 54.4 Å². The van der Waals surface area contributed by atoms with Gasteiger partial charge in [0.05, 0.1) is 0 Å². The lowest BCUT2D eigenvalue weighted by Crippen LogP contribution is -1.73. The summed E-state index contributed by atoms with van der Waals surface area (Å²) in [5, 5.41) is 0. The Kier molecular flexibility index (Phi) is 2.61. The molecule has 0 aromatic heterocycles. The van der Waals surface area contributed by atoms with Gasteiger partial charge in [0.1, 0.15) is 5.82 Å². The average molecular weight is 148 g/mol. The molecule has 0 spiro atoms. The summed E-state index contributed by atoms with van der Waals surface area (Å²) in [5.74, 6) is -0.208. The van der Waals surface area contributed by atoms with Crippen molar-refractivity contribution in [2.75, 3.05) is 0 Å². The highest BCUT2D eigenvalue weighted by Crippen LogP contribution is 2.04. The Bertz CT molecular complexity index is 257. The number of rotatable bonds is 2. The van der Waals surface area contributed by atoms with Gasteiger partial charge in [-0.15, -0.1) is 0 Å². The minimum absolute atomic E-state index is 0.208. The van der Waals surface area contributed by atoms with Crippen molar-refractivity contribution in [2.45, 2.75) is 0 Å². The topological polar surface area (TPSA) is 0 Å². The molecule has 0 saturated carbocycles. The lowest BCUT2D eigenvalue weighted by atomic mass is 10.2. The lowest BCUT2D eigenvalue weighted by molar-refractivity contribution is 0.628. The molecule has 0 bridgehead atoms. The van der Waals surface area contributed by atoms with E-state index in [1.54, 1.807) is 18.2 Å². The molecule has 0 N–H and O–H groups in total. The van der Waals surface area contributed by atoms with Gasteiger partial charge < -0.3 is 0 Å². The molecule has 0 radical (unpaired) electrons. The Morgan fingerprint density at radius 2 is 1.82 bits per heavy atom. The van der Waals surface area contributed by atoms with E-state index in [9.17, 15) is 4.39 Å². The van der Waals surface area contributed by atoms with E-state index in [-0.39, 0.29) is 5.82 Å². The van der Waals surface area contributed by atoms with Crippen molar-refractivity contribution < 1.29 is 4.39 Å². The van der Waals surface area contributed by atoms with Crippen molar-refractivity contribution in [3.63, 3.8) is 0 Å². The average Bonchev–Trinajstić information content (AvgIpc) is 2.04. The van der Waals surface area contributed by atoms with Crippen LogP contribution in [0.25, 0.3) is 6.08 Å². The smallest absolute Gasteiger partial charge is 0.123 e. The van der Waals surface area contributed by atoms with Gasteiger partial charge in [0.15, 0.2) is 0 Å². The standard InChI is InChI=1S/C10H9F/c1-2-3-4-9-5-7-10(11)8-6-9/h2-8H,1H2/b4-3-. The maximum absolute atomic E-state index is 12.4. The van der Waals surface area contributed by atoms with E-state index >= 15 is 0 Å². The van der Waals surface area contributed by atoms with Crippen LogP contribution in [0, 0.1) is 5.82 Å². The maximum Gasteiger partial charge on any atom is 0.123 e. The molecule has 0 unspecified atom stereocenters. The zero-order chi connectivity index (χ0) is 8.10. The van der Waals surface area contributed by atoms with Crippen LogP contribution < -0.4 is 0 Å². The van der Waals surface area contributed by atoms with Gasteiger partial charge in [-0.3, -0.25) is 0 Å². The number of benzene rings is 1. The molecule has 56 valence electrons. The number of hydrogen-bond donors (Lipinski definition) is 0. The Labute approximate surface area is 65.7 Å². The van der Waals surface area contributed by atoms with E-state index in [0.29, 0.717) is 0 Å². The van der Waals surface area contributed by atoms with Crippen molar-refractivity contribution in [3.8, 4) is 0 Å². The normalized spacial score (nSPS) is 10.3. The van der Waals surface area contributed by atoms with Crippen LogP contribution in [0.15, 0.2) is 43.0 Å². The fourth-order valence-corrected chi connectivity index (χ4v) is 0.753. The van der Waals surface area contributed by atoms with Crippen LogP contribution in [0.1, 0.15) is 5.56 Å². The van der Waals surface area contributed by atoms with Crippen molar-refractivity contribution in [2.24, 2.45) is 0 Å². The van der Waals surface area contributed by atoms with Gasteiger partial charge >= 0.3 is 0 Å². The quantitative estimate of drug-likeness (QED) is 0.565. The van der Waals surface area contributed by atoms with Crippen LogP contribution >= 0.6 is 0 Å². The molecule has 0 fully saturated rings. The summed E-state index contributed by atoms with van der Waals surface area (Å²) in [6.45, 7) is 3.53. The van der Waals surface area contributed by atoms with E-state index in [1.165, 1.54) is 12.1 Å². The van der Waals surface area contributed by atoms with E-state index in [1.807, 2.05) is 12.2 Å². The molecule has 1 heteroatoms. The van der Waals surface area contributed by atoms with Gasteiger partial charge in [-0.05, 0) is 17.7 Å². The van der Waals surface area contributed by atoms with Gasteiger partial charge in [-0.25, -0.2) is 4.39 Å². The van der Waals surface area contributed by atoms with E-state index in [4.69, 9.17) is 0 Å². The van der Waals surface area contributed by atoms with Gasteiger partial charge in [0, 0.05) is 0 Å². The molecule has 0 saturated heterocycles. The van der Waals surface area contributed by atoms with Crippen molar-refractivity contribution in [1.29, 1.82) is 0 Å². The SMILES string of the molecule is C=C/C=C\c1ccc(F)cc1. The second-order valence-corrected chi connectivity index (χ2v) is 2.15. The number of allylic oxidation sites excluding steroid dienone is 2. The predicted octanol–water partition coefficient (Wildman–Crippen LogP) is 3.02. The highest BCUT2D eigenvalue weighted by atomic mass is 19.1. The van der Waals surface area contributed by atoms with Crippen LogP contribution in [0.3, 0.4) is 0 Å². The lowest BCUT2D eigenvalue weighted by Gasteiger charge is -1.90. The first-order chi connectivity index (χ1) is 5.33. The van der Waals surface area contributed by atoms with Crippen LogP contribution in [0.4, 0.5) is 4.39 Å². The molecule has 11 heavy (non-hydrogen) atoms. The summed E-state index contributed by atoms with van der Waals surface area (Å²) in [6.07, 6.45) is 5.36. The van der Waals surface area contributed by atoms with Crippen molar-refractivity contribution >= 4 is 6.08 Å². The van der Waals surface area contributed by atoms with E-state index in [2.05, 4.69) is 6.58 Å². The second kappa shape index (κ2) is 3.71. The summed E-state index contributed by atoms with van der Waals surface area (Å²) in [5.41, 5.74) is 0.978.